The molecule has 3 heterocycles. The van der Waals surface area contributed by atoms with Gasteiger partial charge in [-0.2, -0.15) is 5.10 Å². The third-order valence-electron chi connectivity index (χ3n) is 5.43. The van der Waals surface area contributed by atoms with Crippen molar-refractivity contribution in [3.8, 4) is 0 Å². The number of fused-ring (bicyclic) bond motifs is 1. The maximum Gasteiger partial charge on any atom is 0.327 e. The third kappa shape index (κ3) is 2.61. The molecule has 1 unspecified atom stereocenters. The van der Waals surface area contributed by atoms with Gasteiger partial charge in [0.05, 0.1) is 18.7 Å². The van der Waals surface area contributed by atoms with Crippen LogP contribution in [0, 0.1) is 5.92 Å². The number of esters is 1. The molecule has 1 aliphatic heterocycles. The molecule has 0 N–H and O–H groups in total. The third-order valence-corrected chi connectivity index (χ3v) is 5.43. The smallest absolute Gasteiger partial charge is 0.327 e. The molecule has 0 spiro atoms. The Kier molecular flexibility index (Phi) is 4.08. The van der Waals surface area contributed by atoms with Gasteiger partial charge in [-0.3, -0.25) is 4.79 Å². The van der Waals surface area contributed by atoms with Gasteiger partial charge in [0.2, 0.25) is 0 Å². The van der Waals surface area contributed by atoms with Gasteiger partial charge in [0.25, 0.3) is 0 Å². The summed E-state index contributed by atoms with van der Waals surface area (Å²) in [5.74, 6) is 1.42. The van der Waals surface area contributed by atoms with E-state index in [4.69, 9.17) is 4.74 Å². The van der Waals surface area contributed by atoms with Crippen LogP contribution in [0.3, 0.4) is 0 Å². The van der Waals surface area contributed by atoms with Crippen LogP contribution in [0.25, 0.3) is 11.0 Å². The lowest BCUT2D eigenvalue weighted by Crippen LogP contribution is -2.35. The molecule has 128 valence electrons. The lowest BCUT2D eigenvalue weighted by atomic mass is 9.96. The van der Waals surface area contributed by atoms with E-state index in [1.165, 1.54) is 45.6 Å². The van der Waals surface area contributed by atoms with E-state index in [0.29, 0.717) is 11.7 Å². The second-order valence-corrected chi connectivity index (χ2v) is 6.76. The first kappa shape index (κ1) is 15.4. The van der Waals surface area contributed by atoms with Gasteiger partial charge in [0.1, 0.15) is 18.7 Å². The predicted octanol–water partition coefficient (Wildman–Crippen LogP) is 2.16. The average molecular weight is 329 g/mol. The van der Waals surface area contributed by atoms with E-state index in [2.05, 4.69) is 20.0 Å². The Balaban J connectivity index is 1.67. The van der Waals surface area contributed by atoms with E-state index in [9.17, 15) is 4.79 Å². The molecule has 0 amide bonds. The van der Waals surface area contributed by atoms with E-state index in [1.807, 2.05) is 0 Å². The van der Waals surface area contributed by atoms with Crippen molar-refractivity contribution in [2.24, 2.45) is 5.92 Å². The molecule has 0 radical (unpaired) electrons. The number of aromatic nitrogens is 4. The summed E-state index contributed by atoms with van der Waals surface area (Å²) in [6, 6.07) is 0.578. The van der Waals surface area contributed by atoms with Crippen LogP contribution in [0.1, 0.15) is 38.5 Å². The fraction of sp³-hybridized carbons (Fsp3) is 0.647. The second kappa shape index (κ2) is 6.37. The van der Waals surface area contributed by atoms with Gasteiger partial charge < -0.3 is 9.64 Å². The summed E-state index contributed by atoms with van der Waals surface area (Å²) >= 11 is 0. The molecular weight excluding hydrogens is 306 g/mol. The predicted molar refractivity (Wildman–Crippen MR) is 89.7 cm³/mol. The van der Waals surface area contributed by atoms with Crippen molar-refractivity contribution in [3.63, 3.8) is 0 Å². The maximum atomic E-state index is 11.6. The molecule has 1 atom stereocenters. The highest BCUT2D eigenvalue weighted by Crippen LogP contribution is 2.38. The highest BCUT2D eigenvalue weighted by molar-refractivity contribution is 5.87. The fourth-order valence-corrected chi connectivity index (χ4v) is 4.30. The summed E-state index contributed by atoms with van der Waals surface area (Å²) in [6.07, 6.45) is 11.2. The molecule has 1 aliphatic carbocycles. The summed E-state index contributed by atoms with van der Waals surface area (Å²) in [6.45, 7) is 1.11. The van der Waals surface area contributed by atoms with Crippen molar-refractivity contribution >= 4 is 22.8 Å². The van der Waals surface area contributed by atoms with E-state index in [1.54, 1.807) is 17.2 Å². The number of ether oxygens (including phenoxy) is 1. The van der Waals surface area contributed by atoms with Gasteiger partial charge in [0.15, 0.2) is 5.65 Å². The zero-order valence-electron chi connectivity index (χ0n) is 14.0. The van der Waals surface area contributed by atoms with Crippen molar-refractivity contribution in [1.29, 1.82) is 0 Å². The molecule has 2 fully saturated rings. The minimum atomic E-state index is -0.329. The summed E-state index contributed by atoms with van der Waals surface area (Å²) in [5.41, 5.74) is 0.697. The molecular formula is C17H23N5O2. The molecule has 2 aromatic rings. The average Bonchev–Trinajstić information content (AvgIpc) is 3.34. The summed E-state index contributed by atoms with van der Waals surface area (Å²) < 4.78 is 6.32. The first-order chi connectivity index (χ1) is 11.8. The number of carbonyl (C=O) groups is 1. The molecule has 2 aromatic heterocycles. The summed E-state index contributed by atoms with van der Waals surface area (Å²) in [5, 5.41) is 5.25. The molecule has 1 saturated carbocycles. The molecule has 0 bridgehead atoms. The Labute approximate surface area is 141 Å². The number of methoxy groups -OCH3 is 1. The van der Waals surface area contributed by atoms with Crippen LogP contribution in [-0.4, -0.2) is 45.4 Å². The molecule has 0 aromatic carbocycles. The first-order valence-electron chi connectivity index (χ1n) is 8.78. The number of rotatable bonds is 4. The monoisotopic (exact) mass is 329 g/mol. The van der Waals surface area contributed by atoms with Crippen LogP contribution in [0.4, 0.5) is 5.82 Å². The molecule has 4 rings (SSSR count). The van der Waals surface area contributed by atoms with Crippen LogP contribution >= 0.6 is 0 Å². The van der Waals surface area contributed by atoms with Crippen molar-refractivity contribution in [1.82, 2.24) is 19.7 Å². The SMILES string of the molecule is COC(=O)Cn1ncc2c(N3CCCC3C3CCCC3)ncnc21. The van der Waals surface area contributed by atoms with E-state index in [0.717, 1.165) is 23.7 Å². The largest absolute Gasteiger partial charge is 0.468 e. The van der Waals surface area contributed by atoms with Crippen LogP contribution < -0.4 is 4.90 Å². The van der Waals surface area contributed by atoms with Crippen molar-refractivity contribution in [2.75, 3.05) is 18.6 Å². The van der Waals surface area contributed by atoms with Gasteiger partial charge in [-0.25, -0.2) is 14.6 Å². The highest BCUT2D eigenvalue weighted by atomic mass is 16.5. The van der Waals surface area contributed by atoms with Crippen LogP contribution in [0.2, 0.25) is 0 Å². The Morgan fingerprint density at radius 3 is 2.88 bits per heavy atom. The lowest BCUT2D eigenvalue weighted by molar-refractivity contribution is -0.141. The van der Waals surface area contributed by atoms with E-state index in [-0.39, 0.29) is 12.5 Å². The molecule has 24 heavy (non-hydrogen) atoms. The summed E-state index contributed by atoms with van der Waals surface area (Å²) in [7, 11) is 1.38. The van der Waals surface area contributed by atoms with Crippen molar-refractivity contribution in [2.45, 2.75) is 51.1 Å². The number of carbonyl (C=O) groups excluding carboxylic acids is 1. The quantitative estimate of drug-likeness (QED) is 0.800. The van der Waals surface area contributed by atoms with E-state index < -0.39 is 0 Å². The number of anilines is 1. The van der Waals surface area contributed by atoms with Gasteiger partial charge in [0, 0.05) is 12.6 Å². The van der Waals surface area contributed by atoms with Gasteiger partial charge in [-0.15, -0.1) is 0 Å². The van der Waals surface area contributed by atoms with Crippen molar-refractivity contribution < 1.29 is 9.53 Å². The molecule has 7 heteroatoms. The fourth-order valence-electron chi connectivity index (χ4n) is 4.30. The molecule has 7 nitrogen and oxygen atoms in total. The number of hydrogen-bond donors (Lipinski definition) is 0. The van der Waals surface area contributed by atoms with Crippen molar-refractivity contribution in [3.05, 3.63) is 12.5 Å². The minimum Gasteiger partial charge on any atom is -0.468 e. The van der Waals surface area contributed by atoms with Crippen LogP contribution in [-0.2, 0) is 16.1 Å². The molecule has 2 aliphatic rings. The Morgan fingerprint density at radius 2 is 2.08 bits per heavy atom. The Bertz CT molecular complexity index is 738. The van der Waals surface area contributed by atoms with Gasteiger partial charge in [-0.05, 0) is 31.6 Å². The Hall–Kier alpha value is -2.18. The number of nitrogens with zero attached hydrogens (tertiary/aromatic N) is 5. The maximum absolute atomic E-state index is 11.6. The zero-order valence-corrected chi connectivity index (χ0v) is 14.0. The van der Waals surface area contributed by atoms with E-state index >= 15 is 0 Å². The topological polar surface area (TPSA) is 73.1 Å². The first-order valence-corrected chi connectivity index (χ1v) is 8.78. The second-order valence-electron chi connectivity index (χ2n) is 6.76. The van der Waals surface area contributed by atoms with Gasteiger partial charge >= 0.3 is 5.97 Å². The summed E-state index contributed by atoms with van der Waals surface area (Å²) in [4.78, 5) is 22.9. The molecule has 1 saturated heterocycles. The highest BCUT2D eigenvalue weighted by Gasteiger charge is 2.35. The number of hydrogen-bond acceptors (Lipinski definition) is 6. The zero-order chi connectivity index (χ0) is 16.5. The van der Waals surface area contributed by atoms with Crippen LogP contribution in [0.15, 0.2) is 12.5 Å². The minimum absolute atomic E-state index is 0.0719. The van der Waals surface area contributed by atoms with Crippen LogP contribution in [0.5, 0.6) is 0 Å². The lowest BCUT2D eigenvalue weighted by Gasteiger charge is -2.30. The standard InChI is InChI=1S/C17H23N5O2/c1-24-15(23)10-22-17-13(9-20-22)16(18-11-19-17)21-8-4-7-14(21)12-5-2-3-6-12/h9,11-12,14H,2-8,10H2,1H3. The Morgan fingerprint density at radius 1 is 1.25 bits per heavy atom. The van der Waals surface area contributed by atoms with Gasteiger partial charge in [-0.1, -0.05) is 12.8 Å². The normalized spacial score (nSPS) is 21.7.